The molecule has 1 aromatic rings. The van der Waals surface area contributed by atoms with Gasteiger partial charge in [-0.1, -0.05) is 6.92 Å². The van der Waals surface area contributed by atoms with Crippen molar-refractivity contribution in [3.8, 4) is 0 Å². The molecule has 5 heteroatoms. The zero-order valence-corrected chi connectivity index (χ0v) is 11.5. The molecule has 1 saturated heterocycles. The van der Waals surface area contributed by atoms with Crippen molar-refractivity contribution in [1.29, 1.82) is 0 Å². The molecule has 2 heterocycles. The van der Waals surface area contributed by atoms with Crippen LogP contribution in [0.4, 0.5) is 5.69 Å². The molecule has 1 aliphatic rings. The molecule has 0 radical (unpaired) electrons. The van der Waals surface area contributed by atoms with Crippen LogP contribution in [0.25, 0.3) is 0 Å². The number of likely N-dealkylation sites (tertiary alicyclic amines) is 1. The summed E-state index contributed by atoms with van der Waals surface area (Å²) in [6.07, 6.45) is 3.82. The molecule has 5 nitrogen and oxygen atoms in total. The first-order chi connectivity index (χ1) is 9.11. The van der Waals surface area contributed by atoms with E-state index in [1.54, 1.807) is 6.07 Å². The summed E-state index contributed by atoms with van der Waals surface area (Å²) in [6.45, 7) is 7.01. The molecule has 1 atom stereocenters. The fraction of sp³-hybridized carbons (Fsp3) is 0.571. The summed E-state index contributed by atoms with van der Waals surface area (Å²) >= 11 is 0. The highest BCUT2D eigenvalue weighted by Crippen LogP contribution is 2.20. The number of nitrogens with one attached hydrogen (secondary N) is 1. The lowest BCUT2D eigenvalue weighted by Gasteiger charge is -2.23. The predicted octanol–water partition coefficient (Wildman–Crippen LogP) is 1.98. The van der Waals surface area contributed by atoms with Crippen molar-refractivity contribution in [3.63, 3.8) is 0 Å². The van der Waals surface area contributed by atoms with Gasteiger partial charge < -0.3 is 10.4 Å². The van der Waals surface area contributed by atoms with Crippen molar-refractivity contribution in [2.24, 2.45) is 0 Å². The SMILES string of the molecule is CCN1CCCC1CNc1cc(C)ncc1C(=O)O. The maximum atomic E-state index is 11.2. The molecule has 0 bridgehead atoms. The van der Waals surface area contributed by atoms with Gasteiger partial charge in [0.05, 0.1) is 5.69 Å². The van der Waals surface area contributed by atoms with Crippen LogP contribution in [-0.2, 0) is 0 Å². The molecule has 1 aliphatic heterocycles. The second-order valence-corrected chi connectivity index (χ2v) is 4.98. The number of carboxylic acid groups (broad SMARTS) is 1. The summed E-state index contributed by atoms with van der Waals surface area (Å²) < 4.78 is 0. The largest absolute Gasteiger partial charge is 0.478 e. The van der Waals surface area contributed by atoms with Gasteiger partial charge in [0.15, 0.2) is 0 Å². The van der Waals surface area contributed by atoms with E-state index in [1.165, 1.54) is 19.0 Å². The van der Waals surface area contributed by atoms with E-state index in [1.807, 2.05) is 6.92 Å². The number of nitrogens with zero attached hydrogens (tertiary/aromatic N) is 2. The van der Waals surface area contributed by atoms with Crippen LogP contribution in [0, 0.1) is 6.92 Å². The Kier molecular flexibility index (Phi) is 4.37. The van der Waals surface area contributed by atoms with E-state index in [0.29, 0.717) is 11.7 Å². The smallest absolute Gasteiger partial charge is 0.339 e. The van der Waals surface area contributed by atoms with Crippen molar-refractivity contribution in [3.05, 3.63) is 23.5 Å². The van der Waals surface area contributed by atoms with Crippen molar-refractivity contribution >= 4 is 11.7 Å². The Morgan fingerprint density at radius 1 is 1.63 bits per heavy atom. The molecule has 1 unspecified atom stereocenters. The second kappa shape index (κ2) is 6.02. The van der Waals surface area contributed by atoms with Gasteiger partial charge >= 0.3 is 5.97 Å². The van der Waals surface area contributed by atoms with E-state index in [0.717, 1.165) is 25.3 Å². The molecule has 2 N–H and O–H groups in total. The molecular weight excluding hydrogens is 242 g/mol. The van der Waals surface area contributed by atoms with Crippen molar-refractivity contribution in [2.75, 3.05) is 25.0 Å². The molecule has 0 aromatic carbocycles. The third-order valence-corrected chi connectivity index (χ3v) is 3.70. The van der Waals surface area contributed by atoms with E-state index in [2.05, 4.69) is 22.1 Å². The lowest BCUT2D eigenvalue weighted by molar-refractivity contribution is 0.0697. The lowest BCUT2D eigenvalue weighted by Crippen LogP contribution is -2.34. The summed E-state index contributed by atoms with van der Waals surface area (Å²) in [5, 5.41) is 12.4. The summed E-state index contributed by atoms with van der Waals surface area (Å²) in [7, 11) is 0. The van der Waals surface area contributed by atoms with Crippen LogP contribution in [-0.4, -0.2) is 46.6 Å². The number of carbonyl (C=O) groups is 1. The number of hydrogen-bond acceptors (Lipinski definition) is 4. The van der Waals surface area contributed by atoms with E-state index >= 15 is 0 Å². The van der Waals surface area contributed by atoms with E-state index in [4.69, 9.17) is 5.11 Å². The first-order valence-electron chi connectivity index (χ1n) is 6.79. The minimum Gasteiger partial charge on any atom is -0.478 e. The minimum atomic E-state index is -0.936. The average Bonchev–Trinajstić information content (AvgIpc) is 2.83. The Balaban J connectivity index is 2.06. The fourth-order valence-corrected chi connectivity index (χ4v) is 2.65. The average molecular weight is 263 g/mol. The molecule has 0 saturated carbocycles. The summed E-state index contributed by atoms with van der Waals surface area (Å²) in [4.78, 5) is 17.6. The van der Waals surface area contributed by atoms with E-state index in [-0.39, 0.29) is 5.56 Å². The molecule has 104 valence electrons. The second-order valence-electron chi connectivity index (χ2n) is 4.98. The number of anilines is 1. The first-order valence-corrected chi connectivity index (χ1v) is 6.79. The van der Waals surface area contributed by atoms with E-state index < -0.39 is 5.97 Å². The standard InChI is InChI=1S/C14H21N3O2/c1-3-17-6-4-5-11(17)8-16-13-7-10(2)15-9-12(13)14(18)19/h7,9,11H,3-6,8H2,1-2H3,(H,15,16)(H,18,19). The molecule has 1 aromatic heterocycles. The third kappa shape index (κ3) is 3.23. The van der Waals surface area contributed by atoms with Gasteiger partial charge in [-0.25, -0.2) is 4.79 Å². The summed E-state index contributed by atoms with van der Waals surface area (Å²) in [6, 6.07) is 2.30. The lowest BCUT2D eigenvalue weighted by atomic mass is 10.1. The van der Waals surface area contributed by atoms with Crippen LogP contribution in [0.3, 0.4) is 0 Å². The van der Waals surface area contributed by atoms with Crippen LogP contribution < -0.4 is 5.32 Å². The Hall–Kier alpha value is -1.62. The topological polar surface area (TPSA) is 65.5 Å². The molecule has 0 amide bonds. The zero-order valence-electron chi connectivity index (χ0n) is 11.5. The van der Waals surface area contributed by atoms with Crippen molar-refractivity contribution < 1.29 is 9.90 Å². The number of likely N-dealkylation sites (N-methyl/N-ethyl adjacent to an activating group) is 1. The van der Waals surface area contributed by atoms with Crippen molar-refractivity contribution in [1.82, 2.24) is 9.88 Å². The molecule has 1 fully saturated rings. The van der Waals surface area contributed by atoms with Crippen LogP contribution in [0.15, 0.2) is 12.3 Å². The maximum absolute atomic E-state index is 11.2. The molecule has 19 heavy (non-hydrogen) atoms. The molecule has 0 aliphatic carbocycles. The number of aromatic nitrogens is 1. The van der Waals surface area contributed by atoms with Crippen LogP contribution in [0.5, 0.6) is 0 Å². The van der Waals surface area contributed by atoms with Crippen LogP contribution in [0.1, 0.15) is 35.8 Å². The van der Waals surface area contributed by atoms with Gasteiger partial charge in [-0.3, -0.25) is 9.88 Å². The number of aryl methyl sites for hydroxylation is 1. The van der Waals surface area contributed by atoms with Crippen molar-refractivity contribution in [2.45, 2.75) is 32.7 Å². The number of carboxylic acids is 1. The quantitative estimate of drug-likeness (QED) is 0.850. The van der Waals surface area contributed by atoms with Gasteiger partial charge in [0.2, 0.25) is 0 Å². The number of aromatic carboxylic acids is 1. The molecular formula is C14H21N3O2. The Morgan fingerprint density at radius 3 is 3.11 bits per heavy atom. The Bertz CT molecular complexity index is 462. The molecule has 2 rings (SSSR count). The predicted molar refractivity (Wildman–Crippen MR) is 74.7 cm³/mol. The van der Waals surface area contributed by atoms with Gasteiger partial charge in [-0.15, -0.1) is 0 Å². The van der Waals surface area contributed by atoms with Crippen LogP contribution in [0.2, 0.25) is 0 Å². The van der Waals surface area contributed by atoms with Gasteiger partial charge in [0.1, 0.15) is 5.56 Å². The number of pyridine rings is 1. The van der Waals surface area contributed by atoms with Gasteiger partial charge in [0, 0.05) is 24.5 Å². The highest BCUT2D eigenvalue weighted by atomic mass is 16.4. The first kappa shape index (κ1) is 13.8. The fourth-order valence-electron chi connectivity index (χ4n) is 2.65. The monoisotopic (exact) mass is 263 g/mol. The maximum Gasteiger partial charge on any atom is 0.339 e. The highest BCUT2D eigenvalue weighted by molar-refractivity contribution is 5.93. The zero-order chi connectivity index (χ0) is 13.8. The third-order valence-electron chi connectivity index (χ3n) is 3.70. The normalized spacial score (nSPS) is 19.6. The highest BCUT2D eigenvalue weighted by Gasteiger charge is 2.23. The van der Waals surface area contributed by atoms with Gasteiger partial charge in [-0.2, -0.15) is 0 Å². The number of hydrogen-bond donors (Lipinski definition) is 2. The minimum absolute atomic E-state index is 0.242. The summed E-state index contributed by atoms with van der Waals surface area (Å²) in [5.41, 5.74) is 1.74. The van der Waals surface area contributed by atoms with Crippen LogP contribution >= 0.6 is 0 Å². The Labute approximate surface area is 113 Å². The van der Waals surface area contributed by atoms with Gasteiger partial charge in [0.25, 0.3) is 0 Å². The summed E-state index contributed by atoms with van der Waals surface area (Å²) in [5.74, 6) is -0.936. The Morgan fingerprint density at radius 2 is 2.42 bits per heavy atom. The number of rotatable bonds is 5. The molecule has 0 spiro atoms. The van der Waals surface area contributed by atoms with E-state index in [9.17, 15) is 4.79 Å². The van der Waals surface area contributed by atoms with Gasteiger partial charge in [-0.05, 0) is 38.9 Å².